The molecule has 1 atom stereocenters. The lowest BCUT2D eigenvalue weighted by Crippen LogP contribution is -2.47. The van der Waals surface area contributed by atoms with Gasteiger partial charge in [-0.2, -0.15) is 5.26 Å². The molecule has 6 heteroatoms. The summed E-state index contributed by atoms with van der Waals surface area (Å²) in [6, 6.07) is 7.18. The van der Waals surface area contributed by atoms with Crippen LogP contribution in [0.25, 0.3) is 6.08 Å². The lowest BCUT2D eigenvalue weighted by atomic mass is 9.92. The molecule has 0 aromatic heterocycles. The van der Waals surface area contributed by atoms with Crippen molar-refractivity contribution in [2.24, 2.45) is 0 Å². The number of benzene rings is 1. The van der Waals surface area contributed by atoms with E-state index in [9.17, 15) is 14.9 Å². The van der Waals surface area contributed by atoms with Crippen LogP contribution >= 0.6 is 0 Å². The Morgan fingerprint density at radius 1 is 1.10 bits per heavy atom. The molecule has 166 valence electrons. The first-order valence-electron chi connectivity index (χ1n) is 11.0. The van der Waals surface area contributed by atoms with Crippen LogP contribution in [0.1, 0.15) is 65.9 Å². The first kappa shape index (κ1) is 24.2. The number of nitrogens with zero attached hydrogens (tertiary/aromatic N) is 2. The fraction of sp³-hybridized carbons (Fsp3) is 0.480. The molecule has 31 heavy (non-hydrogen) atoms. The van der Waals surface area contributed by atoms with Gasteiger partial charge in [-0.3, -0.25) is 14.5 Å². The zero-order chi connectivity index (χ0) is 23.0. The van der Waals surface area contributed by atoms with Gasteiger partial charge in [0.15, 0.2) is 11.5 Å². The van der Waals surface area contributed by atoms with Gasteiger partial charge in [0.2, 0.25) is 0 Å². The SMILES string of the molecule is CCCCCOc1ccc(/C=C2/C(=O)N(C(C)CC)C(=O)C(C#N)=C2C)cc1OCC. The van der Waals surface area contributed by atoms with Crippen LogP contribution in [0.15, 0.2) is 34.9 Å². The monoisotopic (exact) mass is 424 g/mol. The predicted molar refractivity (Wildman–Crippen MR) is 121 cm³/mol. The number of ether oxygens (including phenoxy) is 2. The molecule has 2 rings (SSSR count). The molecule has 1 aliphatic rings. The van der Waals surface area contributed by atoms with Crippen LogP contribution in [0.2, 0.25) is 0 Å². The van der Waals surface area contributed by atoms with Gasteiger partial charge in [0.25, 0.3) is 11.8 Å². The summed E-state index contributed by atoms with van der Waals surface area (Å²) < 4.78 is 11.6. The Hall–Kier alpha value is -3.07. The Labute approximate surface area is 185 Å². The Morgan fingerprint density at radius 2 is 1.84 bits per heavy atom. The Kier molecular flexibility index (Phi) is 8.87. The highest BCUT2D eigenvalue weighted by atomic mass is 16.5. The highest BCUT2D eigenvalue weighted by Gasteiger charge is 2.37. The van der Waals surface area contributed by atoms with Crippen LogP contribution in [0.4, 0.5) is 0 Å². The van der Waals surface area contributed by atoms with E-state index in [1.54, 1.807) is 19.9 Å². The molecule has 1 aliphatic heterocycles. The zero-order valence-electron chi connectivity index (χ0n) is 19.2. The molecule has 0 aliphatic carbocycles. The highest BCUT2D eigenvalue weighted by Crippen LogP contribution is 2.32. The van der Waals surface area contributed by atoms with Gasteiger partial charge in [-0.25, -0.2) is 0 Å². The van der Waals surface area contributed by atoms with Gasteiger partial charge in [-0.05, 0) is 63.0 Å². The van der Waals surface area contributed by atoms with E-state index in [0.717, 1.165) is 24.8 Å². The third kappa shape index (κ3) is 5.55. The fourth-order valence-corrected chi connectivity index (χ4v) is 3.39. The molecule has 0 spiro atoms. The molecule has 0 bridgehead atoms. The summed E-state index contributed by atoms with van der Waals surface area (Å²) in [5.41, 5.74) is 1.49. The second-order valence-electron chi connectivity index (χ2n) is 7.60. The number of hydrogen-bond acceptors (Lipinski definition) is 5. The van der Waals surface area contributed by atoms with Crippen LogP contribution in [0.5, 0.6) is 11.5 Å². The predicted octanol–water partition coefficient (Wildman–Crippen LogP) is 5.05. The number of hydrogen-bond donors (Lipinski definition) is 0. The molecule has 1 heterocycles. The molecular formula is C25H32N2O4. The average molecular weight is 425 g/mol. The summed E-state index contributed by atoms with van der Waals surface area (Å²) in [5, 5.41) is 9.51. The van der Waals surface area contributed by atoms with Crippen LogP contribution in [0.3, 0.4) is 0 Å². The molecule has 2 amide bonds. The van der Waals surface area contributed by atoms with Crippen molar-refractivity contribution in [2.45, 2.75) is 66.3 Å². The van der Waals surface area contributed by atoms with Crippen molar-refractivity contribution in [1.82, 2.24) is 4.90 Å². The summed E-state index contributed by atoms with van der Waals surface area (Å²) in [7, 11) is 0. The first-order valence-corrected chi connectivity index (χ1v) is 11.0. The lowest BCUT2D eigenvalue weighted by Gasteiger charge is -2.31. The summed E-state index contributed by atoms with van der Waals surface area (Å²) in [5.74, 6) is 0.362. The second kappa shape index (κ2) is 11.4. The van der Waals surface area contributed by atoms with Crippen molar-refractivity contribution < 1.29 is 19.1 Å². The minimum absolute atomic E-state index is 0.00654. The molecule has 1 unspecified atom stereocenters. The van der Waals surface area contributed by atoms with Crippen LogP contribution in [-0.2, 0) is 9.59 Å². The van der Waals surface area contributed by atoms with Crippen molar-refractivity contribution in [1.29, 1.82) is 5.26 Å². The number of imide groups is 1. The maximum atomic E-state index is 13.1. The molecule has 6 nitrogen and oxygen atoms in total. The Balaban J connectivity index is 2.44. The van der Waals surface area contributed by atoms with E-state index in [4.69, 9.17) is 9.47 Å². The number of carbonyl (C=O) groups is 2. The summed E-state index contributed by atoms with van der Waals surface area (Å²) in [6.45, 7) is 10.5. The average Bonchev–Trinajstić information content (AvgIpc) is 2.75. The van der Waals surface area contributed by atoms with E-state index < -0.39 is 5.91 Å². The zero-order valence-corrected chi connectivity index (χ0v) is 19.2. The molecule has 0 N–H and O–H groups in total. The van der Waals surface area contributed by atoms with E-state index in [-0.39, 0.29) is 17.5 Å². The number of unbranched alkanes of at least 4 members (excludes halogenated alkanes) is 2. The van der Waals surface area contributed by atoms with Gasteiger partial charge in [-0.1, -0.05) is 32.8 Å². The van der Waals surface area contributed by atoms with Crippen molar-refractivity contribution in [3.05, 3.63) is 40.5 Å². The first-order chi connectivity index (χ1) is 14.9. The molecule has 0 radical (unpaired) electrons. The van der Waals surface area contributed by atoms with Gasteiger partial charge < -0.3 is 9.47 Å². The molecule has 0 fully saturated rings. The van der Waals surface area contributed by atoms with Gasteiger partial charge in [-0.15, -0.1) is 0 Å². The molecule has 1 aromatic carbocycles. The van der Waals surface area contributed by atoms with Gasteiger partial charge in [0.1, 0.15) is 11.6 Å². The largest absolute Gasteiger partial charge is 0.490 e. The van der Waals surface area contributed by atoms with Crippen LogP contribution in [-0.4, -0.2) is 36.0 Å². The topological polar surface area (TPSA) is 79.6 Å². The van der Waals surface area contributed by atoms with E-state index in [0.29, 0.717) is 42.3 Å². The minimum atomic E-state index is -0.526. The maximum Gasteiger partial charge on any atom is 0.271 e. The molecule has 0 saturated heterocycles. The summed E-state index contributed by atoms with van der Waals surface area (Å²) in [4.78, 5) is 27.0. The minimum Gasteiger partial charge on any atom is -0.490 e. The van der Waals surface area contributed by atoms with Gasteiger partial charge in [0, 0.05) is 11.6 Å². The van der Waals surface area contributed by atoms with Crippen LogP contribution < -0.4 is 9.47 Å². The quantitative estimate of drug-likeness (QED) is 0.298. The number of rotatable bonds is 10. The third-order valence-corrected chi connectivity index (χ3v) is 5.39. The van der Waals surface area contributed by atoms with Gasteiger partial charge >= 0.3 is 0 Å². The molecule has 0 saturated carbocycles. The van der Waals surface area contributed by atoms with Crippen molar-refractivity contribution >= 4 is 17.9 Å². The number of nitriles is 1. The Morgan fingerprint density at radius 3 is 2.45 bits per heavy atom. The van der Waals surface area contributed by atoms with Crippen molar-refractivity contribution in [3.8, 4) is 17.6 Å². The van der Waals surface area contributed by atoms with Crippen molar-refractivity contribution in [2.75, 3.05) is 13.2 Å². The summed E-state index contributed by atoms with van der Waals surface area (Å²) >= 11 is 0. The molecular weight excluding hydrogens is 392 g/mol. The van der Waals surface area contributed by atoms with E-state index in [2.05, 4.69) is 6.92 Å². The highest BCUT2D eigenvalue weighted by molar-refractivity contribution is 6.19. The fourth-order valence-electron chi connectivity index (χ4n) is 3.39. The van der Waals surface area contributed by atoms with E-state index in [1.165, 1.54) is 4.90 Å². The smallest absolute Gasteiger partial charge is 0.271 e. The van der Waals surface area contributed by atoms with Crippen molar-refractivity contribution in [3.63, 3.8) is 0 Å². The maximum absolute atomic E-state index is 13.1. The second-order valence-corrected chi connectivity index (χ2v) is 7.60. The van der Waals surface area contributed by atoms with Crippen LogP contribution in [0, 0.1) is 11.3 Å². The third-order valence-electron chi connectivity index (χ3n) is 5.39. The van der Waals surface area contributed by atoms with E-state index >= 15 is 0 Å². The lowest BCUT2D eigenvalue weighted by molar-refractivity contribution is -0.142. The Bertz CT molecular complexity index is 924. The van der Waals surface area contributed by atoms with Gasteiger partial charge in [0.05, 0.1) is 13.2 Å². The number of amides is 2. The molecule has 1 aromatic rings. The summed E-state index contributed by atoms with van der Waals surface area (Å²) in [6.07, 6.45) is 5.52. The number of carbonyl (C=O) groups excluding carboxylic acids is 2. The normalized spacial score (nSPS) is 16.5. The standard InChI is InChI=1S/C25H32N2O4/c1-6-9-10-13-31-22-12-11-19(15-23(22)30-8-3)14-20-18(5)21(16-26)25(29)27(24(20)28)17(4)7-2/h11-12,14-15,17H,6-10,13H2,1-5H3/b20-14+. The van der Waals surface area contributed by atoms with E-state index in [1.807, 2.05) is 38.1 Å².